The number of aromatic nitrogens is 2. The number of hydrogen-bond donors (Lipinski definition) is 1. The first-order valence-corrected chi connectivity index (χ1v) is 8.13. The molecule has 4 nitrogen and oxygen atoms in total. The van der Waals surface area contributed by atoms with Crippen molar-refractivity contribution < 1.29 is 4.79 Å². The number of rotatable bonds is 5. The van der Waals surface area contributed by atoms with Gasteiger partial charge in [-0.3, -0.25) is 9.48 Å². The Labute approximate surface area is 139 Å². The quantitative estimate of drug-likeness (QED) is 0.772. The molecule has 23 heavy (non-hydrogen) atoms. The zero-order valence-corrected chi connectivity index (χ0v) is 13.6. The van der Waals surface area contributed by atoms with Gasteiger partial charge in [0.1, 0.15) is 6.54 Å². The van der Waals surface area contributed by atoms with Crippen LogP contribution in [0, 0.1) is 6.92 Å². The minimum Gasteiger partial charge on any atom is -0.323 e. The molecule has 116 valence electrons. The second-order valence-electron chi connectivity index (χ2n) is 5.17. The number of amides is 1. The third kappa shape index (κ3) is 4.23. The molecule has 0 radical (unpaired) electrons. The molecule has 0 aliphatic heterocycles. The summed E-state index contributed by atoms with van der Waals surface area (Å²) in [5, 5.41) is 7.11. The van der Waals surface area contributed by atoms with E-state index in [-0.39, 0.29) is 12.5 Å². The van der Waals surface area contributed by atoms with Crippen LogP contribution in [0.2, 0.25) is 0 Å². The van der Waals surface area contributed by atoms with Gasteiger partial charge in [-0.05, 0) is 36.8 Å². The molecule has 1 aromatic heterocycles. The van der Waals surface area contributed by atoms with E-state index in [0.29, 0.717) is 0 Å². The van der Waals surface area contributed by atoms with Crippen LogP contribution in [-0.2, 0) is 11.3 Å². The average molecular weight is 323 g/mol. The summed E-state index contributed by atoms with van der Waals surface area (Å²) in [7, 11) is 0. The molecule has 1 amide bonds. The SMILES string of the molecule is Cc1cnn(CC(=O)Nc2ccccc2Sc2ccccc2)c1. The van der Waals surface area contributed by atoms with Gasteiger partial charge in [-0.15, -0.1) is 0 Å². The number of aryl methyl sites for hydroxylation is 1. The Morgan fingerprint density at radius 2 is 1.87 bits per heavy atom. The van der Waals surface area contributed by atoms with Crippen molar-refractivity contribution >= 4 is 23.4 Å². The Morgan fingerprint density at radius 1 is 1.13 bits per heavy atom. The van der Waals surface area contributed by atoms with E-state index in [1.165, 1.54) is 0 Å². The van der Waals surface area contributed by atoms with Crippen LogP contribution in [0.3, 0.4) is 0 Å². The van der Waals surface area contributed by atoms with Crippen molar-refractivity contribution in [3.05, 3.63) is 72.6 Å². The second-order valence-corrected chi connectivity index (χ2v) is 6.29. The molecule has 0 bridgehead atoms. The summed E-state index contributed by atoms with van der Waals surface area (Å²) in [6, 6.07) is 17.9. The number of carbonyl (C=O) groups excluding carboxylic acids is 1. The molecule has 0 saturated carbocycles. The van der Waals surface area contributed by atoms with Crippen molar-refractivity contribution in [2.45, 2.75) is 23.3 Å². The summed E-state index contributed by atoms with van der Waals surface area (Å²) in [6.07, 6.45) is 3.59. The number of benzene rings is 2. The van der Waals surface area contributed by atoms with Crippen LogP contribution in [0.5, 0.6) is 0 Å². The molecule has 0 unspecified atom stereocenters. The van der Waals surface area contributed by atoms with Crippen LogP contribution in [0.4, 0.5) is 5.69 Å². The van der Waals surface area contributed by atoms with Crippen LogP contribution in [0.25, 0.3) is 0 Å². The topological polar surface area (TPSA) is 46.9 Å². The van der Waals surface area contributed by atoms with E-state index in [0.717, 1.165) is 21.0 Å². The Kier molecular flexibility index (Phi) is 4.78. The second kappa shape index (κ2) is 7.15. The lowest BCUT2D eigenvalue weighted by atomic mass is 10.3. The van der Waals surface area contributed by atoms with Crippen molar-refractivity contribution in [3.8, 4) is 0 Å². The first-order chi connectivity index (χ1) is 11.2. The van der Waals surface area contributed by atoms with Gasteiger partial charge in [0.25, 0.3) is 0 Å². The molecule has 3 aromatic rings. The maximum atomic E-state index is 12.2. The summed E-state index contributed by atoms with van der Waals surface area (Å²) in [6.45, 7) is 2.16. The van der Waals surface area contributed by atoms with Crippen molar-refractivity contribution in [1.82, 2.24) is 9.78 Å². The van der Waals surface area contributed by atoms with Crippen LogP contribution in [-0.4, -0.2) is 15.7 Å². The Balaban J connectivity index is 1.71. The predicted molar refractivity (Wildman–Crippen MR) is 92.6 cm³/mol. The number of nitrogens with zero attached hydrogens (tertiary/aromatic N) is 2. The normalized spacial score (nSPS) is 10.5. The largest absolute Gasteiger partial charge is 0.323 e. The van der Waals surface area contributed by atoms with Gasteiger partial charge in [0.2, 0.25) is 5.91 Å². The minimum atomic E-state index is -0.0887. The third-order valence-electron chi connectivity index (χ3n) is 3.20. The molecule has 1 heterocycles. The molecular weight excluding hydrogens is 306 g/mol. The standard InChI is InChI=1S/C18H17N3OS/c1-14-11-19-21(12-14)13-18(22)20-16-9-5-6-10-17(16)23-15-7-3-2-4-8-15/h2-12H,13H2,1H3,(H,20,22). The molecule has 0 spiro atoms. The van der Waals surface area contributed by atoms with Gasteiger partial charge in [-0.25, -0.2) is 0 Å². The van der Waals surface area contributed by atoms with Gasteiger partial charge >= 0.3 is 0 Å². The maximum absolute atomic E-state index is 12.2. The first-order valence-electron chi connectivity index (χ1n) is 7.31. The molecule has 5 heteroatoms. The fourth-order valence-corrected chi connectivity index (χ4v) is 3.09. The summed E-state index contributed by atoms with van der Waals surface area (Å²) in [4.78, 5) is 14.4. The average Bonchev–Trinajstić information content (AvgIpc) is 2.95. The Hall–Kier alpha value is -2.53. The van der Waals surface area contributed by atoms with Gasteiger partial charge in [-0.2, -0.15) is 5.10 Å². The highest BCUT2D eigenvalue weighted by molar-refractivity contribution is 7.99. The number of para-hydroxylation sites is 1. The molecule has 0 fully saturated rings. The molecule has 2 aromatic carbocycles. The molecule has 0 saturated heterocycles. The summed E-state index contributed by atoms with van der Waals surface area (Å²) in [5.74, 6) is -0.0887. The number of nitrogens with one attached hydrogen (secondary N) is 1. The highest BCUT2D eigenvalue weighted by atomic mass is 32.2. The van der Waals surface area contributed by atoms with E-state index in [2.05, 4.69) is 22.5 Å². The van der Waals surface area contributed by atoms with Crippen LogP contribution >= 0.6 is 11.8 Å². The molecular formula is C18H17N3OS. The molecule has 0 aliphatic carbocycles. The Bertz CT molecular complexity index is 799. The van der Waals surface area contributed by atoms with E-state index in [1.54, 1.807) is 22.6 Å². The lowest BCUT2D eigenvalue weighted by Gasteiger charge is -2.10. The zero-order chi connectivity index (χ0) is 16.1. The highest BCUT2D eigenvalue weighted by Crippen LogP contribution is 2.33. The van der Waals surface area contributed by atoms with Crippen molar-refractivity contribution in [1.29, 1.82) is 0 Å². The van der Waals surface area contributed by atoms with Crippen molar-refractivity contribution in [2.24, 2.45) is 0 Å². The van der Waals surface area contributed by atoms with Crippen molar-refractivity contribution in [3.63, 3.8) is 0 Å². The molecule has 3 rings (SSSR count). The van der Waals surface area contributed by atoms with E-state index in [1.807, 2.05) is 55.6 Å². The van der Waals surface area contributed by atoms with E-state index < -0.39 is 0 Å². The third-order valence-corrected chi connectivity index (χ3v) is 4.28. The van der Waals surface area contributed by atoms with Gasteiger partial charge in [0.15, 0.2) is 0 Å². The van der Waals surface area contributed by atoms with E-state index in [9.17, 15) is 4.79 Å². The maximum Gasteiger partial charge on any atom is 0.246 e. The molecule has 0 atom stereocenters. The number of carbonyl (C=O) groups is 1. The first kappa shape index (κ1) is 15.4. The smallest absolute Gasteiger partial charge is 0.246 e. The van der Waals surface area contributed by atoms with Crippen LogP contribution < -0.4 is 5.32 Å². The molecule has 1 N–H and O–H groups in total. The number of hydrogen-bond acceptors (Lipinski definition) is 3. The monoisotopic (exact) mass is 323 g/mol. The fourth-order valence-electron chi connectivity index (χ4n) is 2.16. The lowest BCUT2D eigenvalue weighted by molar-refractivity contribution is -0.116. The molecule has 0 aliphatic rings. The van der Waals surface area contributed by atoms with E-state index >= 15 is 0 Å². The summed E-state index contributed by atoms with van der Waals surface area (Å²) >= 11 is 1.63. The Morgan fingerprint density at radius 3 is 2.61 bits per heavy atom. The van der Waals surface area contributed by atoms with Crippen LogP contribution in [0.15, 0.2) is 76.8 Å². The summed E-state index contributed by atoms with van der Waals surface area (Å²) < 4.78 is 1.64. The van der Waals surface area contributed by atoms with Gasteiger partial charge in [0, 0.05) is 16.0 Å². The van der Waals surface area contributed by atoms with Gasteiger partial charge < -0.3 is 5.32 Å². The highest BCUT2D eigenvalue weighted by Gasteiger charge is 2.09. The minimum absolute atomic E-state index is 0.0887. The summed E-state index contributed by atoms with van der Waals surface area (Å²) in [5.41, 5.74) is 1.85. The van der Waals surface area contributed by atoms with Crippen LogP contribution in [0.1, 0.15) is 5.56 Å². The van der Waals surface area contributed by atoms with E-state index in [4.69, 9.17) is 0 Å². The fraction of sp³-hybridized carbons (Fsp3) is 0.111. The zero-order valence-electron chi connectivity index (χ0n) is 12.8. The number of anilines is 1. The van der Waals surface area contributed by atoms with Gasteiger partial charge in [0.05, 0.1) is 11.9 Å². The van der Waals surface area contributed by atoms with Gasteiger partial charge in [-0.1, -0.05) is 42.1 Å². The lowest BCUT2D eigenvalue weighted by Crippen LogP contribution is -2.19. The van der Waals surface area contributed by atoms with Crippen molar-refractivity contribution in [2.75, 3.05) is 5.32 Å². The predicted octanol–water partition coefficient (Wildman–Crippen LogP) is 3.98.